The van der Waals surface area contributed by atoms with Crippen LogP contribution in [0.5, 0.6) is 0 Å². The Balaban J connectivity index is 3.26. The zero-order valence-electron chi connectivity index (χ0n) is 9.12. The van der Waals surface area contributed by atoms with E-state index in [2.05, 4.69) is 0 Å². The standard InChI is InChI=1S/C10H11Cl3O3S/c1-10(13,17(2,15)16)9(14)7-4-3-6(11)5-8(7)12/h3-5,9,14H,1-2H3/t9-,10+/m1/s1. The molecular formula is C10H11Cl3O3S. The van der Waals surface area contributed by atoms with E-state index in [-0.39, 0.29) is 10.6 Å². The van der Waals surface area contributed by atoms with Gasteiger partial charge in [0.25, 0.3) is 0 Å². The molecule has 7 heteroatoms. The fourth-order valence-electron chi connectivity index (χ4n) is 1.20. The Kier molecular flexibility index (Phi) is 4.37. The second kappa shape index (κ2) is 4.94. The van der Waals surface area contributed by atoms with Crippen molar-refractivity contribution < 1.29 is 13.5 Å². The summed E-state index contributed by atoms with van der Waals surface area (Å²) in [6.45, 7) is 1.22. The van der Waals surface area contributed by atoms with E-state index in [1.54, 1.807) is 0 Å². The molecule has 96 valence electrons. The van der Waals surface area contributed by atoms with Crippen LogP contribution < -0.4 is 0 Å². The Labute approximate surface area is 115 Å². The lowest BCUT2D eigenvalue weighted by molar-refractivity contribution is 0.163. The largest absolute Gasteiger partial charge is 0.385 e. The summed E-state index contributed by atoms with van der Waals surface area (Å²) in [6.07, 6.45) is -0.489. The Bertz CT molecular complexity index is 526. The molecule has 1 aromatic rings. The third-order valence-corrected chi connectivity index (χ3v) is 5.75. The number of aliphatic hydroxyl groups is 1. The molecule has 0 aliphatic rings. The lowest BCUT2D eigenvalue weighted by Gasteiger charge is -2.27. The van der Waals surface area contributed by atoms with Crippen molar-refractivity contribution in [2.45, 2.75) is 17.2 Å². The van der Waals surface area contributed by atoms with E-state index in [0.29, 0.717) is 5.02 Å². The van der Waals surface area contributed by atoms with Crippen molar-refractivity contribution in [3.63, 3.8) is 0 Å². The number of alkyl halides is 1. The predicted octanol–water partition coefficient (Wildman–Crippen LogP) is 3.03. The Hall–Kier alpha value is -0.000000000000000111. The van der Waals surface area contributed by atoms with Crippen LogP contribution in [0.4, 0.5) is 0 Å². The molecule has 0 amide bonds. The van der Waals surface area contributed by atoms with Crippen LogP contribution in [-0.2, 0) is 9.84 Å². The van der Waals surface area contributed by atoms with E-state index >= 15 is 0 Å². The van der Waals surface area contributed by atoms with Gasteiger partial charge in [-0.05, 0) is 19.1 Å². The van der Waals surface area contributed by atoms with Crippen molar-refractivity contribution >= 4 is 44.6 Å². The lowest BCUT2D eigenvalue weighted by Crippen LogP contribution is -2.35. The van der Waals surface area contributed by atoms with E-state index in [4.69, 9.17) is 34.8 Å². The SMILES string of the molecule is C[C@@](Cl)([C@H](O)c1ccc(Cl)cc1Cl)S(C)(=O)=O. The number of hydrogen-bond donors (Lipinski definition) is 1. The molecule has 0 aromatic heterocycles. The molecule has 0 saturated heterocycles. The lowest BCUT2D eigenvalue weighted by atomic mass is 10.1. The first-order chi connectivity index (χ1) is 7.57. The highest BCUT2D eigenvalue weighted by atomic mass is 35.5. The van der Waals surface area contributed by atoms with Gasteiger partial charge in [0.2, 0.25) is 0 Å². The average Bonchev–Trinajstić information content (AvgIpc) is 2.14. The van der Waals surface area contributed by atoms with Crippen LogP contribution in [0.25, 0.3) is 0 Å². The van der Waals surface area contributed by atoms with E-state index < -0.39 is 20.1 Å². The fraction of sp³-hybridized carbons (Fsp3) is 0.400. The zero-order valence-corrected chi connectivity index (χ0v) is 12.2. The van der Waals surface area contributed by atoms with Gasteiger partial charge in [-0.15, -0.1) is 0 Å². The van der Waals surface area contributed by atoms with Crippen molar-refractivity contribution in [1.82, 2.24) is 0 Å². The normalized spacial score (nSPS) is 17.5. The molecule has 0 saturated carbocycles. The molecule has 0 bridgehead atoms. The van der Waals surface area contributed by atoms with Gasteiger partial charge in [-0.3, -0.25) is 0 Å². The molecule has 0 unspecified atom stereocenters. The molecule has 1 N–H and O–H groups in total. The van der Waals surface area contributed by atoms with Crippen LogP contribution in [0.1, 0.15) is 18.6 Å². The summed E-state index contributed by atoms with van der Waals surface area (Å²) in [5.74, 6) is 0. The van der Waals surface area contributed by atoms with Gasteiger partial charge in [-0.25, -0.2) is 8.42 Å². The molecule has 2 atom stereocenters. The van der Waals surface area contributed by atoms with Gasteiger partial charge in [0.15, 0.2) is 14.0 Å². The number of rotatable bonds is 3. The van der Waals surface area contributed by atoms with Crippen molar-refractivity contribution in [1.29, 1.82) is 0 Å². The van der Waals surface area contributed by atoms with E-state index in [1.807, 2.05) is 0 Å². The third kappa shape index (κ3) is 3.06. The highest BCUT2D eigenvalue weighted by molar-refractivity contribution is 7.93. The van der Waals surface area contributed by atoms with Gasteiger partial charge in [0, 0.05) is 21.9 Å². The third-order valence-electron chi connectivity index (χ3n) is 2.47. The summed E-state index contributed by atoms with van der Waals surface area (Å²) < 4.78 is 21.1. The van der Waals surface area contributed by atoms with Crippen molar-refractivity contribution in [2.24, 2.45) is 0 Å². The van der Waals surface area contributed by atoms with Gasteiger partial charge >= 0.3 is 0 Å². The predicted molar refractivity (Wildman–Crippen MR) is 70.5 cm³/mol. The van der Waals surface area contributed by atoms with Crippen LogP contribution in [0.3, 0.4) is 0 Å². The zero-order chi connectivity index (χ0) is 13.4. The van der Waals surface area contributed by atoms with Crippen LogP contribution in [0, 0.1) is 0 Å². The Morgan fingerprint density at radius 2 is 1.88 bits per heavy atom. The maximum atomic E-state index is 11.5. The first-order valence-corrected chi connectivity index (χ1v) is 7.61. The van der Waals surface area contributed by atoms with E-state index in [9.17, 15) is 13.5 Å². The summed E-state index contributed by atoms with van der Waals surface area (Å²) >= 11 is 17.5. The molecule has 0 heterocycles. The molecule has 0 spiro atoms. The molecule has 0 radical (unpaired) electrons. The van der Waals surface area contributed by atoms with Gasteiger partial charge in [-0.1, -0.05) is 40.9 Å². The smallest absolute Gasteiger partial charge is 0.172 e. The molecule has 1 aromatic carbocycles. The quantitative estimate of drug-likeness (QED) is 0.872. The number of benzene rings is 1. The van der Waals surface area contributed by atoms with Gasteiger partial charge in [-0.2, -0.15) is 0 Å². The number of sulfone groups is 1. The van der Waals surface area contributed by atoms with Gasteiger partial charge in [0.05, 0.1) is 0 Å². The average molecular weight is 318 g/mol. The second-order valence-corrected chi connectivity index (χ2v) is 8.07. The first kappa shape index (κ1) is 15.1. The molecule has 0 aliphatic carbocycles. The maximum absolute atomic E-state index is 11.5. The van der Waals surface area contributed by atoms with Crippen LogP contribution in [-0.4, -0.2) is 24.0 Å². The monoisotopic (exact) mass is 316 g/mol. The van der Waals surface area contributed by atoms with Crippen LogP contribution in [0.15, 0.2) is 18.2 Å². The summed E-state index contributed by atoms with van der Waals surface area (Å²) in [5, 5.41) is 10.6. The molecule has 0 aliphatic heterocycles. The summed E-state index contributed by atoms with van der Waals surface area (Å²) in [5.41, 5.74) is 0.221. The minimum absolute atomic E-state index is 0.167. The van der Waals surface area contributed by atoms with Crippen molar-refractivity contribution in [3.05, 3.63) is 33.8 Å². The number of halogens is 3. The Morgan fingerprint density at radius 1 is 1.35 bits per heavy atom. The molecule has 0 fully saturated rings. The maximum Gasteiger partial charge on any atom is 0.172 e. The van der Waals surface area contributed by atoms with Gasteiger partial charge in [0.1, 0.15) is 6.10 Å². The first-order valence-electron chi connectivity index (χ1n) is 4.59. The molecule has 3 nitrogen and oxygen atoms in total. The number of hydrogen-bond acceptors (Lipinski definition) is 3. The van der Waals surface area contributed by atoms with E-state index in [0.717, 1.165) is 6.26 Å². The second-order valence-electron chi connectivity index (χ2n) is 3.83. The van der Waals surface area contributed by atoms with Gasteiger partial charge < -0.3 is 5.11 Å². The van der Waals surface area contributed by atoms with E-state index in [1.165, 1.54) is 25.1 Å². The number of aliphatic hydroxyl groups excluding tert-OH is 1. The summed E-state index contributed by atoms with van der Waals surface area (Å²) in [4.78, 5) is 0. The fourth-order valence-corrected chi connectivity index (χ4v) is 2.37. The van der Waals surface area contributed by atoms with Crippen molar-refractivity contribution in [3.8, 4) is 0 Å². The molecular weight excluding hydrogens is 307 g/mol. The van der Waals surface area contributed by atoms with Crippen LogP contribution in [0.2, 0.25) is 10.0 Å². The highest BCUT2D eigenvalue weighted by Crippen LogP contribution is 2.39. The minimum Gasteiger partial charge on any atom is -0.385 e. The summed E-state index contributed by atoms with van der Waals surface area (Å²) in [6, 6.07) is 4.36. The highest BCUT2D eigenvalue weighted by Gasteiger charge is 2.42. The minimum atomic E-state index is -3.65. The summed E-state index contributed by atoms with van der Waals surface area (Å²) in [7, 11) is -3.65. The Morgan fingerprint density at radius 3 is 2.29 bits per heavy atom. The topological polar surface area (TPSA) is 54.4 Å². The van der Waals surface area contributed by atoms with Crippen molar-refractivity contribution in [2.75, 3.05) is 6.26 Å². The molecule has 17 heavy (non-hydrogen) atoms. The van der Waals surface area contributed by atoms with Crippen LogP contribution >= 0.6 is 34.8 Å². The molecule has 1 rings (SSSR count).